The summed E-state index contributed by atoms with van der Waals surface area (Å²) in [5.74, 6) is 1.12. The summed E-state index contributed by atoms with van der Waals surface area (Å²) in [5, 5.41) is 3.78. The maximum atomic E-state index is 5.82. The number of halogens is 1. The molecule has 110 valence electrons. The second kappa shape index (κ2) is 5.69. The Hall–Kier alpha value is -0.540. The lowest BCUT2D eigenvalue weighted by Gasteiger charge is -2.39. The number of hydrogen-bond donors (Lipinski definition) is 1. The maximum Gasteiger partial charge on any atom is 0.127 e. The van der Waals surface area contributed by atoms with Gasteiger partial charge in [0.1, 0.15) is 5.75 Å². The van der Waals surface area contributed by atoms with Gasteiger partial charge in [-0.25, -0.2) is 0 Å². The van der Waals surface area contributed by atoms with Crippen LogP contribution in [0.25, 0.3) is 0 Å². The Morgan fingerprint density at radius 2 is 2.20 bits per heavy atom. The van der Waals surface area contributed by atoms with Crippen molar-refractivity contribution < 1.29 is 4.74 Å². The number of rotatable bonds is 3. The average Bonchev–Trinajstić information content (AvgIpc) is 2.84. The number of fused-ring (bicyclic) bond motifs is 1. The summed E-state index contributed by atoms with van der Waals surface area (Å²) >= 11 is 3.62. The lowest BCUT2D eigenvalue weighted by Crippen LogP contribution is -2.43. The second-order valence-corrected chi connectivity index (χ2v) is 7.74. The number of hydrogen-bond acceptors (Lipinski definition) is 2. The topological polar surface area (TPSA) is 21.3 Å². The molecule has 1 fully saturated rings. The summed E-state index contributed by atoms with van der Waals surface area (Å²) in [6.45, 7) is 6.53. The van der Waals surface area contributed by atoms with Crippen molar-refractivity contribution in [3.05, 3.63) is 27.7 Å². The van der Waals surface area contributed by atoms with E-state index >= 15 is 0 Å². The molecule has 0 amide bonds. The van der Waals surface area contributed by atoms with Gasteiger partial charge < -0.3 is 10.1 Å². The molecule has 0 bridgehead atoms. The van der Waals surface area contributed by atoms with Gasteiger partial charge in [-0.15, -0.1) is 0 Å². The number of ether oxygens (including phenoxy) is 1. The van der Waals surface area contributed by atoms with Crippen LogP contribution in [0.5, 0.6) is 5.75 Å². The largest absolute Gasteiger partial charge is 0.493 e. The van der Waals surface area contributed by atoms with Gasteiger partial charge in [0.2, 0.25) is 0 Å². The van der Waals surface area contributed by atoms with Gasteiger partial charge in [-0.05, 0) is 36.0 Å². The van der Waals surface area contributed by atoms with E-state index in [1.54, 1.807) is 0 Å². The molecule has 2 aliphatic rings. The Morgan fingerprint density at radius 1 is 1.35 bits per heavy atom. The fraction of sp³-hybridized carbons (Fsp3) is 0.647. The van der Waals surface area contributed by atoms with Crippen LogP contribution in [0.2, 0.25) is 0 Å². The normalized spacial score (nSPS) is 24.2. The van der Waals surface area contributed by atoms with Crippen LogP contribution >= 0.6 is 15.9 Å². The minimum Gasteiger partial charge on any atom is -0.493 e. The summed E-state index contributed by atoms with van der Waals surface area (Å²) in [6.07, 6.45) is 6.40. The molecule has 1 unspecified atom stereocenters. The predicted molar refractivity (Wildman–Crippen MR) is 86.2 cm³/mol. The van der Waals surface area contributed by atoms with Crippen molar-refractivity contribution >= 4 is 15.9 Å². The molecule has 3 heteroatoms. The lowest BCUT2D eigenvalue weighted by molar-refractivity contribution is 0.166. The molecule has 1 atom stereocenters. The zero-order valence-corrected chi connectivity index (χ0v) is 14.1. The number of benzene rings is 1. The van der Waals surface area contributed by atoms with Crippen molar-refractivity contribution in [3.63, 3.8) is 0 Å². The van der Waals surface area contributed by atoms with E-state index in [1.165, 1.54) is 41.3 Å². The molecule has 0 radical (unpaired) electrons. The van der Waals surface area contributed by atoms with Crippen LogP contribution in [0.1, 0.15) is 50.7 Å². The highest BCUT2D eigenvalue weighted by Crippen LogP contribution is 2.37. The van der Waals surface area contributed by atoms with Crippen LogP contribution < -0.4 is 10.1 Å². The first-order valence-corrected chi connectivity index (χ1v) is 8.53. The van der Waals surface area contributed by atoms with Crippen molar-refractivity contribution in [3.8, 4) is 5.75 Å². The molecule has 20 heavy (non-hydrogen) atoms. The smallest absolute Gasteiger partial charge is 0.127 e. The zero-order valence-electron chi connectivity index (χ0n) is 12.5. The van der Waals surface area contributed by atoms with Gasteiger partial charge in [0.15, 0.2) is 0 Å². The molecule has 1 aromatic rings. The minimum atomic E-state index is 0.411. The van der Waals surface area contributed by atoms with E-state index in [-0.39, 0.29) is 0 Å². The Labute approximate surface area is 130 Å². The van der Waals surface area contributed by atoms with E-state index < -0.39 is 0 Å². The van der Waals surface area contributed by atoms with Gasteiger partial charge in [-0.1, -0.05) is 42.6 Å². The monoisotopic (exact) mass is 337 g/mol. The van der Waals surface area contributed by atoms with Gasteiger partial charge in [0, 0.05) is 29.0 Å². The molecular formula is C17H24BrNO. The van der Waals surface area contributed by atoms with Gasteiger partial charge in [-0.2, -0.15) is 0 Å². The minimum absolute atomic E-state index is 0.411. The van der Waals surface area contributed by atoms with Gasteiger partial charge in [0.05, 0.1) is 6.61 Å². The van der Waals surface area contributed by atoms with Crippen LogP contribution in [-0.2, 0) is 13.0 Å². The van der Waals surface area contributed by atoms with E-state index in [1.807, 2.05) is 0 Å². The van der Waals surface area contributed by atoms with Gasteiger partial charge in [-0.3, -0.25) is 0 Å². The summed E-state index contributed by atoms with van der Waals surface area (Å²) in [6, 6.07) is 5.01. The van der Waals surface area contributed by atoms with Crippen molar-refractivity contribution in [1.82, 2.24) is 5.32 Å². The summed E-state index contributed by atoms with van der Waals surface area (Å²) in [7, 11) is 0. The molecule has 1 saturated carbocycles. The van der Waals surface area contributed by atoms with Crippen LogP contribution in [0, 0.1) is 5.41 Å². The first-order valence-electron chi connectivity index (χ1n) is 7.74. The van der Waals surface area contributed by atoms with Crippen molar-refractivity contribution in [2.24, 2.45) is 5.41 Å². The van der Waals surface area contributed by atoms with Crippen molar-refractivity contribution in [2.75, 3.05) is 6.61 Å². The summed E-state index contributed by atoms with van der Waals surface area (Å²) < 4.78 is 6.98. The standard InChI is InChI=1S/C17H24BrNO/c1-17(2)7-4-3-5-15(17)19-11-13-10-14(18)9-12-6-8-20-16(12)13/h9-10,15,19H,3-8,11H2,1-2H3. The number of nitrogens with one attached hydrogen (secondary N) is 1. The van der Waals surface area contributed by atoms with E-state index in [2.05, 4.69) is 47.2 Å². The first kappa shape index (κ1) is 14.4. The fourth-order valence-corrected chi connectivity index (χ4v) is 4.14. The van der Waals surface area contributed by atoms with Gasteiger partial charge >= 0.3 is 0 Å². The zero-order chi connectivity index (χ0) is 14.2. The molecule has 1 aliphatic carbocycles. The maximum absolute atomic E-state index is 5.82. The van der Waals surface area contributed by atoms with Crippen molar-refractivity contribution in [1.29, 1.82) is 0 Å². The van der Waals surface area contributed by atoms with E-state index in [0.29, 0.717) is 11.5 Å². The van der Waals surface area contributed by atoms with Crippen LogP contribution in [0.4, 0.5) is 0 Å². The molecule has 1 N–H and O–H groups in total. The Balaban J connectivity index is 1.72. The Morgan fingerprint density at radius 3 is 3.00 bits per heavy atom. The third kappa shape index (κ3) is 2.89. The highest BCUT2D eigenvalue weighted by atomic mass is 79.9. The molecule has 0 spiro atoms. The first-order chi connectivity index (χ1) is 9.56. The predicted octanol–water partition coefficient (Wildman–Crippen LogP) is 4.44. The van der Waals surface area contributed by atoms with E-state index in [0.717, 1.165) is 25.3 Å². The highest BCUT2D eigenvalue weighted by molar-refractivity contribution is 9.10. The average molecular weight is 338 g/mol. The summed E-state index contributed by atoms with van der Waals surface area (Å²) in [5.41, 5.74) is 3.06. The van der Waals surface area contributed by atoms with Crippen LogP contribution in [0.15, 0.2) is 16.6 Å². The lowest BCUT2D eigenvalue weighted by atomic mass is 9.73. The quantitative estimate of drug-likeness (QED) is 0.880. The fourth-order valence-electron chi connectivity index (χ4n) is 3.58. The molecule has 1 heterocycles. The Bertz CT molecular complexity index is 498. The molecule has 3 rings (SSSR count). The molecule has 2 nitrogen and oxygen atoms in total. The third-order valence-electron chi connectivity index (χ3n) is 4.87. The second-order valence-electron chi connectivity index (χ2n) is 6.82. The van der Waals surface area contributed by atoms with E-state index in [9.17, 15) is 0 Å². The molecule has 1 aliphatic heterocycles. The molecule has 0 aromatic heterocycles. The van der Waals surface area contributed by atoms with E-state index in [4.69, 9.17) is 4.74 Å². The SMILES string of the molecule is CC1(C)CCCCC1NCc1cc(Br)cc2c1OCC2. The highest BCUT2D eigenvalue weighted by Gasteiger charge is 2.32. The van der Waals surface area contributed by atoms with Crippen molar-refractivity contribution in [2.45, 2.75) is 58.5 Å². The third-order valence-corrected chi connectivity index (χ3v) is 5.33. The molecule has 0 saturated heterocycles. The molecular weight excluding hydrogens is 314 g/mol. The van der Waals surface area contributed by atoms with Gasteiger partial charge in [0.25, 0.3) is 0 Å². The van der Waals surface area contributed by atoms with Crippen LogP contribution in [-0.4, -0.2) is 12.6 Å². The molecule has 1 aromatic carbocycles. The Kier molecular flexibility index (Phi) is 4.09. The summed E-state index contributed by atoms with van der Waals surface area (Å²) in [4.78, 5) is 0. The van der Waals surface area contributed by atoms with Crippen LogP contribution in [0.3, 0.4) is 0 Å².